The molecule has 0 radical (unpaired) electrons. The Kier molecular flexibility index (Phi) is 5.89. The van der Waals surface area contributed by atoms with E-state index in [1.165, 1.54) is 24.5 Å². The molecular weight excluding hydrogens is 369 g/mol. The van der Waals surface area contributed by atoms with Crippen LogP contribution in [0.5, 0.6) is 0 Å². The SMILES string of the molecule is CC(Nc1cc(C(F)(F)F)nc(-c2ccncc2)n1)C(O)Cc1ccccc1. The number of hydrogen-bond donors (Lipinski definition) is 2. The van der Waals surface area contributed by atoms with Crippen molar-refractivity contribution in [1.29, 1.82) is 0 Å². The number of alkyl halides is 3. The number of nitrogens with zero attached hydrogens (tertiary/aromatic N) is 3. The third-order valence-electron chi connectivity index (χ3n) is 4.20. The van der Waals surface area contributed by atoms with Gasteiger partial charge in [0.1, 0.15) is 5.82 Å². The van der Waals surface area contributed by atoms with Gasteiger partial charge in [0, 0.05) is 30.4 Å². The second-order valence-electron chi connectivity index (χ2n) is 6.39. The van der Waals surface area contributed by atoms with Gasteiger partial charge in [0.25, 0.3) is 0 Å². The van der Waals surface area contributed by atoms with Gasteiger partial charge in [0.05, 0.1) is 12.1 Å². The van der Waals surface area contributed by atoms with Gasteiger partial charge in [0.15, 0.2) is 11.5 Å². The first-order valence-electron chi connectivity index (χ1n) is 8.68. The van der Waals surface area contributed by atoms with E-state index < -0.39 is 24.0 Å². The van der Waals surface area contributed by atoms with Gasteiger partial charge < -0.3 is 10.4 Å². The summed E-state index contributed by atoms with van der Waals surface area (Å²) in [4.78, 5) is 11.7. The molecular formula is C20H19F3N4O. The third-order valence-corrected chi connectivity index (χ3v) is 4.20. The van der Waals surface area contributed by atoms with Crippen molar-refractivity contribution in [2.75, 3.05) is 5.32 Å². The van der Waals surface area contributed by atoms with Gasteiger partial charge in [0.2, 0.25) is 0 Å². The maximum atomic E-state index is 13.3. The number of pyridine rings is 1. The molecule has 0 saturated heterocycles. The minimum absolute atomic E-state index is 0.00579. The van der Waals surface area contributed by atoms with E-state index >= 15 is 0 Å². The van der Waals surface area contributed by atoms with Gasteiger partial charge in [-0.2, -0.15) is 13.2 Å². The lowest BCUT2D eigenvalue weighted by atomic mass is 10.0. The van der Waals surface area contributed by atoms with Crippen LogP contribution in [0.4, 0.5) is 19.0 Å². The smallest absolute Gasteiger partial charge is 0.391 e. The largest absolute Gasteiger partial charge is 0.433 e. The first-order chi connectivity index (χ1) is 13.3. The fourth-order valence-electron chi connectivity index (χ4n) is 2.66. The topological polar surface area (TPSA) is 70.9 Å². The van der Waals surface area contributed by atoms with Gasteiger partial charge in [-0.1, -0.05) is 30.3 Å². The van der Waals surface area contributed by atoms with Crippen molar-refractivity contribution in [1.82, 2.24) is 15.0 Å². The zero-order valence-electron chi connectivity index (χ0n) is 15.1. The number of halogens is 3. The van der Waals surface area contributed by atoms with E-state index in [1.807, 2.05) is 30.3 Å². The average Bonchev–Trinajstić information content (AvgIpc) is 2.68. The Morgan fingerprint density at radius 2 is 1.71 bits per heavy atom. The predicted molar refractivity (Wildman–Crippen MR) is 99.5 cm³/mol. The van der Waals surface area contributed by atoms with Crippen molar-refractivity contribution < 1.29 is 18.3 Å². The Balaban J connectivity index is 1.84. The van der Waals surface area contributed by atoms with Crippen LogP contribution in [0.15, 0.2) is 60.9 Å². The Morgan fingerprint density at radius 1 is 1.04 bits per heavy atom. The van der Waals surface area contributed by atoms with Crippen LogP contribution in [0.3, 0.4) is 0 Å². The summed E-state index contributed by atoms with van der Waals surface area (Å²) in [7, 11) is 0. The maximum Gasteiger partial charge on any atom is 0.433 e. The average molecular weight is 388 g/mol. The van der Waals surface area contributed by atoms with Gasteiger partial charge in [-0.05, 0) is 24.6 Å². The lowest BCUT2D eigenvalue weighted by molar-refractivity contribution is -0.141. The normalized spacial score (nSPS) is 13.8. The molecule has 0 amide bonds. The standard InChI is InChI=1S/C20H19F3N4O/c1-13(16(28)11-14-5-3-2-4-6-14)25-18-12-17(20(21,22)23)26-19(27-18)15-7-9-24-10-8-15/h2-10,12-13,16,28H,11H2,1H3,(H,25,26,27). The fraction of sp³-hybridized carbons (Fsp3) is 0.250. The van der Waals surface area contributed by atoms with Crippen LogP contribution in [0, 0.1) is 0 Å². The van der Waals surface area contributed by atoms with Crippen LogP contribution in [-0.2, 0) is 12.6 Å². The molecule has 0 fully saturated rings. The highest BCUT2D eigenvalue weighted by Gasteiger charge is 2.34. The Morgan fingerprint density at radius 3 is 2.36 bits per heavy atom. The van der Waals surface area contributed by atoms with Crippen LogP contribution in [0.25, 0.3) is 11.4 Å². The second-order valence-corrected chi connectivity index (χ2v) is 6.39. The molecule has 146 valence electrons. The molecule has 8 heteroatoms. The fourth-order valence-corrected chi connectivity index (χ4v) is 2.66. The molecule has 5 nitrogen and oxygen atoms in total. The molecule has 28 heavy (non-hydrogen) atoms. The van der Waals surface area contributed by atoms with Gasteiger partial charge in [-0.15, -0.1) is 0 Å². The summed E-state index contributed by atoms with van der Waals surface area (Å²) in [5.41, 5.74) is 0.294. The van der Waals surface area contributed by atoms with E-state index in [0.29, 0.717) is 12.0 Å². The molecule has 0 spiro atoms. The van der Waals surface area contributed by atoms with Crippen LogP contribution >= 0.6 is 0 Å². The zero-order valence-corrected chi connectivity index (χ0v) is 15.1. The number of nitrogens with one attached hydrogen (secondary N) is 1. The number of hydrogen-bond acceptors (Lipinski definition) is 5. The summed E-state index contributed by atoms with van der Waals surface area (Å²) in [6.07, 6.45) is -2.15. The molecule has 0 aliphatic heterocycles. The minimum atomic E-state index is -4.62. The molecule has 2 heterocycles. The molecule has 2 atom stereocenters. The van der Waals surface area contributed by atoms with Crippen molar-refractivity contribution in [3.05, 3.63) is 72.2 Å². The molecule has 0 aliphatic rings. The van der Waals surface area contributed by atoms with E-state index in [9.17, 15) is 18.3 Å². The van der Waals surface area contributed by atoms with Crippen molar-refractivity contribution in [3.8, 4) is 11.4 Å². The number of anilines is 1. The Hall–Kier alpha value is -3.00. The van der Waals surface area contributed by atoms with Gasteiger partial charge in [-0.25, -0.2) is 9.97 Å². The molecule has 2 N–H and O–H groups in total. The summed E-state index contributed by atoms with van der Waals surface area (Å²) in [5, 5.41) is 13.3. The summed E-state index contributed by atoms with van der Waals surface area (Å²) in [6.45, 7) is 1.69. The summed E-state index contributed by atoms with van der Waals surface area (Å²) in [6, 6.07) is 12.7. The summed E-state index contributed by atoms with van der Waals surface area (Å²) >= 11 is 0. The highest BCUT2D eigenvalue weighted by Crippen LogP contribution is 2.31. The number of aliphatic hydroxyl groups is 1. The summed E-state index contributed by atoms with van der Waals surface area (Å²) in [5.74, 6) is -0.0711. The van der Waals surface area contributed by atoms with E-state index in [4.69, 9.17) is 0 Å². The highest BCUT2D eigenvalue weighted by molar-refractivity contribution is 5.57. The monoisotopic (exact) mass is 388 g/mol. The van der Waals surface area contributed by atoms with Gasteiger partial charge >= 0.3 is 6.18 Å². The van der Waals surface area contributed by atoms with Crippen molar-refractivity contribution in [3.63, 3.8) is 0 Å². The lowest BCUT2D eigenvalue weighted by Crippen LogP contribution is -2.33. The molecule has 2 unspecified atom stereocenters. The van der Waals surface area contributed by atoms with E-state index in [0.717, 1.165) is 11.6 Å². The predicted octanol–water partition coefficient (Wildman–Crippen LogP) is 3.96. The maximum absolute atomic E-state index is 13.3. The van der Waals surface area contributed by atoms with Gasteiger partial charge in [-0.3, -0.25) is 4.98 Å². The second kappa shape index (κ2) is 8.35. The number of aromatic nitrogens is 3. The van der Waals surface area contributed by atoms with Crippen LogP contribution in [0.1, 0.15) is 18.2 Å². The van der Waals surface area contributed by atoms with Crippen LogP contribution < -0.4 is 5.32 Å². The Bertz CT molecular complexity index is 904. The highest BCUT2D eigenvalue weighted by atomic mass is 19.4. The minimum Gasteiger partial charge on any atom is -0.391 e. The third kappa shape index (κ3) is 5.04. The lowest BCUT2D eigenvalue weighted by Gasteiger charge is -2.21. The van der Waals surface area contributed by atoms with Crippen molar-refractivity contribution >= 4 is 5.82 Å². The van der Waals surface area contributed by atoms with Crippen molar-refractivity contribution in [2.45, 2.75) is 31.7 Å². The number of benzene rings is 1. The number of aliphatic hydroxyl groups excluding tert-OH is 1. The Labute approximate surface area is 160 Å². The molecule has 0 saturated carbocycles. The van der Waals surface area contributed by atoms with E-state index in [1.54, 1.807) is 6.92 Å². The van der Waals surface area contributed by atoms with Crippen LogP contribution in [-0.4, -0.2) is 32.2 Å². The van der Waals surface area contributed by atoms with E-state index in [2.05, 4.69) is 20.3 Å². The molecule has 3 aromatic rings. The molecule has 3 rings (SSSR count). The molecule has 0 bridgehead atoms. The quantitative estimate of drug-likeness (QED) is 0.669. The first kappa shape index (κ1) is 19.8. The molecule has 0 aliphatic carbocycles. The first-order valence-corrected chi connectivity index (χ1v) is 8.68. The molecule has 1 aromatic carbocycles. The summed E-state index contributed by atoms with van der Waals surface area (Å²) < 4.78 is 39.8. The number of rotatable bonds is 6. The van der Waals surface area contributed by atoms with Crippen molar-refractivity contribution in [2.24, 2.45) is 0 Å². The zero-order chi connectivity index (χ0) is 20.1. The van der Waals surface area contributed by atoms with E-state index in [-0.39, 0.29) is 11.6 Å². The molecule has 2 aromatic heterocycles. The van der Waals surface area contributed by atoms with Crippen LogP contribution in [0.2, 0.25) is 0 Å².